The Morgan fingerprint density at radius 2 is 1.78 bits per heavy atom. The van der Waals surface area contributed by atoms with E-state index < -0.39 is 12.4 Å². The number of nitrogens with zero attached hydrogens (tertiary/aromatic N) is 6. The molecule has 2 heterocycles. The van der Waals surface area contributed by atoms with E-state index >= 15 is 0 Å². The summed E-state index contributed by atoms with van der Waals surface area (Å²) >= 11 is 1.48. The smallest absolute Gasteiger partial charge is 0.406 e. The second-order valence-corrected chi connectivity index (χ2v) is 12.2. The van der Waals surface area contributed by atoms with Crippen LogP contribution in [0.25, 0.3) is 17.1 Å². The van der Waals surface area contributed by atoms with Gasteiger partial charge in [0.25, 0.3) is 0 Å². The van der Waals surface area contributed by atoms with Crippen molar-refractivity contribution in [3.8, 4) is 22.8 Å². The maximum atomic E-state index is 14.1. The first-order chi connectivity index (χ1) is 21.9. The fourth-order valence-electron chi connectivity index (χ4n) is 4.97. The molecule has 0 spiro atoms. The lowest BCUT2D eigenvalue weighted by molar-refractivity contribution is -0.274. The van der Waals surface area contributed by atoms with Gasteiger partial charge in [-0.2, -0.15) is 4.99 Å². The van der Waals surface area contributed by atoms with Crippen LogP contribution in [0.5, 0.6) is 5.75 Å². The van der Waals surface area contributed by atoms with Crippen LogP contribution >= 0.6 is 11.8 Å². The highest BCUT2D eigenvalue weighted by atomic mass is 32.2. The Hall–Kier alpha value is -4.52. The minimum absolute atomic E-state index is 0.0801. The summed E-state index contributed by atoms with van der Waals surface area (Å²) in [4.78, 5) is 27.6. The van der Waals surface area contributed by atoms with Gasteiger partial charge in [-0.05, 0) is 72.9 Å². The third-order valence-corrected chi connectivity index (χ3v) is 8.39. The van der Waals surface area contributed by atoms with E-state index in [1.807, 2.05) is 49.9 Å². The average molecular weight is 653 g/mol. The van der Waals surface area contributed by atoms with E-state index in [0.717, 1.165) is 34.6 Å². The van der Waals surface area contributed by atoms with Crippen molar-refractivity contribution in [3.05, 3.63) is 90.0 Å². The number of amides is 2. The molecule has 0 N–H and O–H groups in total. The van der Waals surface area contributed by atoms with Crippen molar-refractivity contribution in [2.75, 3.05) is 10.7 Å². The number of hydrogen-bond acceptors (Lipinski definition) is 5. The van der Waals surface area contributed by atoms with Crippen LogP contribution in [0.3, 0.4) is 0 Å². The molecule has 46 heavy (non-hydrogen) atoms. The first-order valence-electron chi connectivity index (χ1n) is 14.6. The Balaban J connectivity index is 1.25. The molecule has 1 aliphatic rings. The summed E-state index contributed by atoms with van der Waals surface area (Å²) in [5, 5.41) is 4.97. The number of halogens is 4. The number of aromatic nitrogens is 3. The lowest BCUT2D eigenvalue weighted by atomic mass is 9.99. The molecular weight excluding hydrogens is 620 g/mol. The third kappa shape index (κ3) is 8.00. The molecule has 2 unspecified atom stereocenters. The molecule has 8 nitrogen and oxygen atoms in total. The summed E-state index contributed by atoms with van der Waals surface area (Å²) in [6.07, 6.45) is -0.843. The SMILES string of the molecule is CC(C)c1cc(F)ccc1N1C(=NC(=O)N=CC(C)c2ccc(-c3ncn(-c4ccc(OC(F)(F)F)cc4)n3)cc2)SCCC1C. The minimum Gasteiger partial charge on any atom is -0.406 e. The molecular formula is C33H32F4N6O2S. The van der Waals surface area contributed by atoms with Crippen molar-refractivity contribution < 1.29 is 27.1 Å². The number of aliphatic imine (C=N–C) groups is 2. The minimum atomic E-state index is -4.76. The zero-order chi connectivity index (χ0) is 33.0. The molecule has 0 radical (unpaired) electrons. The van der Waals surface area contributed by atoms with Crippen LogP contribution in [0, 0.1) is 5.82 Å². The van der Waals surface area contributed by atoms with Gasteiger partial charge in [-0.3, -0.25) is 0 Å². The molecule has 3 aromatic carbocycles. The number of hydrogen-bond donors (Lipinski definition) is 0. The van der Waals surface area contributed by atoms with Gasteiger partial charge in [0.15, 0.2) is 11.0 Å². The molecule has 2 atom stereocenters. The highest BCUT2D eigenvalue weighted by Crippen LogP contribution is 2.35. The van der Waals surface area contributed by atoms with Gasteiger partial charge in [-0.1, -0.05) is 56.8 Å². The number of thioether (sulfide) groups is 1. The second-order valence-electron chi connectivity index (χ2n) is 11.1. The highest BCUT2D eigenvalue weighted by Gasteiger charge is 2.31. The van der Waals surface area contributed by atoms with E-state index in [2.05, 4.69) is 31.7 Å². The van der Waals surface area contributed by atoms with Gasteiger partial charge < -0.3 is 9.64 Å². The molecule has 0 saturated carbocycles. The molecule has 1 aromatic heterocycles. The van der Waals surface area contributed by atoms with Gasteiger partial charge in [-0.15, -0.1) is 18.3 Å². The maximum Gasteiger partial charge on any atom is 0.573 e. The average Bonchev–Trinajstić information content (AvgIpc) is 3.50. The van der Waals surface area contributed by atoms with Crippen LogP contribution in [0.15, 0.2) is 83.0 Å². The molecule has 1 aliphatic heterocycles. The van der Waals surface area contributed by atoms with E-state index in [1.165, 1.54) is 59.2 Å². The first kappa shape index (κ1) is 32.9. The van der Waals surface area contributed by atoms with Crippen LogP contribution in [0.1, 0.15) is 57.1 Å². The Kier molecular flexibility index (Phi) is 9.90. The zero-order valence-electron chi connectivity index (χ0n) is 25.6. The molecule has 1 saturated heterocycles. The summed E-state index contributed by atoms with van der Waals surface area (Å²) in [6.45, 7) is 7.99. The maximum absolute atomic E-state index is 14.1. The van der Waals surface area contributed by atoms with Gasteiger partial charge in [0.1, 0.15) is 17.9 Å². The van der Waals surface area contributed by atoms with Crippen molar-refractivity contribution in [1.82, 2.24) is 14.8 Å². The van der Waals surface area contributed by atoms with Crippen molar-refractivity contribution in [1.29, 1.82) is 0 Å². The van der Waals surface area contributed by atoms with Crippen molar-refractivity contribution in [2.45, 2.75) is 58.4 Å². The van der Waals surface area contributed by atoms with E-state index in [-0.39, 0.29) is 29.4 Å². The molecule has 240 valence electrons. The van der Waals surface area contributed by atoms with Gasteiger partial charge in [0, 0.05) is 35.2 Å². The summed E-state index contributed by atoms with van der Waals surface area (Å²) in [6, 6.07) is 16.9. The Labute approximate surface area is 268 Å². The fourth-order valence-corrected chi connectivity index (χ4v) is 6.17. The molecule has 4 aromatic rings. The van der Waals surface area contributed by atoms with Gasteiger partial charge >= 0.3 is 12.4 Å². The predicted molar refractivity (Wildman–Crippen MR) is 173 cm³/mol. The summed E-state index contributed by atoms with van der Waals surface area (Å²) in [7, 11) is 0. The van der Waals surface area contributed by atoms with Crippen LogP contribution < -0.4 is 9.64 Å². The Morgan fingerprint density at radius 3 is 2.46 bits per heavy atom. The summed E-state index contributed by atoms with van der Waals surface area (Å²) < 4.78 is 56.7. The van der Waals surface area contributed by atoms with E-state index in [4.69, 9.17) is 0 Å². The van der Waals surface area contributed by atoms with Crippen molar-refractivity contribution in [2.24, 2.45) is 9.98 Å². The standard InChI is InChI=1S/C33H32F4N6O2S/c1-20(2)28-17-25(34)9-14-29(28)43-22(4)15-16-46-32(43)40-31(44)38-18-21(3)23-5-7-24(8-6-23)30-39-19-42(41-30)26-10-12-27(13-11-26)45-33(35,36)37/h5-14,17-22H,15-16H2,1-4H3. The molecule has 0 aliphatic carbocycles. The monoisotopic (exact) mass is 652 g/mol. The highest BCUT2D eigenvalue weighted by molar-refractivity contribution is 8.14. The second kappa shape index (κ2) is 13.9. The molecule has 13 heteroatoms. The molecule has 5 rings (SSSR count). The number of carbonyl (C=O) groups excluding carboxylic acids is 1. The number of rotatable bonds is 7. The summed E-state index contributed by atoms with van der Waals surface area (Å²) in [5.74, 6) is 0.503. The molecule has 1 fully saturated rings. The largest absolute Gasteiger partial charge is 0.573 e. The quantitative estimate of drug-likeness (QED) is 0.147. The summed E-state index contributed by atoms with van der Waals surface area (Å²) in [5.41, 5.74) is 3.85. The Bertz CT molecular complexity index is 1740. The molecule has 0 bridgehead atoms. The van der Waals surface area contributed by atoms with Crippen LogP contribution in [0.4, 0.5) is 28.0 Å². The van der Waals surface area contributed by atoms with Crippen molar-refractivity contribution >= 4 is 34.9 Å². The number of carbonyl (C=O) groups is 1. The Morgan fingerprint density at radius 1 is 1.07 bits per heavy atom. The fraction of sp³-hybridized carbons (Fsp3) is 0.303. The number of ether oxygens (including phenoxy) is 1. The van der Waals surface area contributed by atoms with E-state index in [1.54, 1.807) is 12.3 Å². The normalized spacial score (nSPS) is 17.2. The van der Waals surface area contributed by atoms with Gasteiger partial charge in [0.2, 0.25) is 0 Å². The third-order valence-electron chi connectivity index (χ3n) is 7.41. The number of benzene rings is 3. The molecule has 2 amide bonds. The van der Waals surface area contributed by atoms with Gasteiger partial charge in [-0.25, -0.2) is 23.8 Å². The van der Waals surface area contributed by atoms with Crippen molar-refractivity contribution in [3.63, 3.8) is 0 Å². The lowest BCUT2D eigenvalue weighted by Gasteiger charge is -2.37. The first-order valence-corrected chi connectivity index (χ1v) is 15.6. The van der Waals surface area contributed by atoms with Crippen LogP contribution in [0.2, 0.25) is 0 Å². The number of alkyl halides is 3. The van der Waals surface area contributed by atoms with E-state index in [9.17, 15) is 22.4 Å². The van der Waals surface area contributed by atoms with Crippen LogP contribution in [-0.2, 0) is 0 Å². The van der Waals surface area contributed by atoms with Crippen LogP contribution in [-0.4, -0.2) is 50.3 Å². The predicted octanol–water partition coefficient (Wildman–Crippen LogP) is 8.78. The number of amidine groups is 1. The number of urea groups is 1. The lowest BCUT2D eigenvalue weighted by Crippen LogP contribution is -2.42. The van der Waals surface area contributed by atoms with Gasteiger partial charge in [0.05, 0.1) is 5.69 Å². The van der Waals surface area contributed by atoms with E-state index in [0.29, 0.717) is 16.7 Å². The number of anilines is 1. The topological polar surface area (TPSA) is 85.0 Å². The zero-order valence-corrected chi connectivity index (χ0v) is 26.4.